The van der Waals surface area contributed by atoms with Crippen LogP contribution in [0.2, 0.25) is 0 Å². The number of primary amides is 1. The van der Waals surface area contributed by atoms with Crippen molar-refractivity contribution >= 4 is 6.03 Å². The summed E-state index contributed by atoms with van der Waals surface area (Å²) in [6.45, 7) is 2.50. The number of hydrogen-bond acceptors (Lipinski definition) is 2. The topological polar surface area (TPSA) is 72.3 Å². The van der Waals surface area contributed by atoms with Crippen molar-refractivity contribution in [3.63, 3.8) is 0 Å². The molecule has 0 saturated heterocycles. The van der Waals surface area contributed by atoms with Gasteiger partial charge in [-0.3, -0.25) is 0 Å². The highest BCUT2D eigenvalue weighted by Crippen LogP contribution is 1.97. The van der Waals surface area contributed by atoms with Crippen LogP contribution in [-0.4, -0.2) is 30.6 Å². The molecular weight excluding hydrogens is 130 g/mol. The zero-order valence-corrected chi connectivity index (χ0v) is 6.50. The van der Waals surface area contributed by atoms with Crippen molar-refractivity contribution in [2.45, 2.75) is 19.4 Å². The first-order valence-electron chi connectivity index (χ1n) is 3.32. The quantitative estimate of drug-likeness (QED) is 0.574. The minimum absolute atomic E-state index is 0.141. The Morgan fingerprint density at radius 2 is 2.20 bits per heavy atom. The Bertz CT molecular complexity index is 116. The fraction of sp³-hybridized carbons (Fsp3) is 0.833. The van der Waals surface area contributed by atoms with Gasteiger partial charge in [0.2, 0.25) is 0 Å². The number of carbonyl (C=O) groups excluding carboxylic acids is 1. The van der Waals surface area contributed by atoms with Gasteiger partial charge in [0, 0.05) is 13.1 Å². The van der Waals surface area contributed by atoms with Crippen molar-refractivity contribution in [3.05, 3.63) is 0 Å². The Labute approximate surface area is 61.2 Å². The monoisotopic (exact) mass is 145 g/mol. The van der Waals surface area contributed by atoms with E-state index in [-0.39, 0.29) is 6.04 Å². The van der Waals surface area contributed by atoms with Gasteiger partial charge in [-0.15, -0.1) is 0 Å². The Morgan fingerprint density at radius 1 is 1.70 bits per heavy atom. The van der Waals surface area contributed by atoms with Crippen LogP contribution >= 0.6 is 0 Å². The zero-order valence-electron chi connectivity index (χ0n) is 6.50. The van der Waals surface area contributed by atoms with Crippen LogP contribution in [0.5, 0.6) is 0 Å². The van der Waals surface area contributed by atoms with E-state index in [0.29, 0.717) is 6.54 Å². The van der Waals surface area contributed by atoms with Gasteiger partial charge in [0.05, 0.1) is 0 Å². The number of nitrogens with two attached hydrogens (primary N) is 2. The molecule has 0 aromatic rings. The lowest BCUT2D eigenvalue weighted by Crippen LogP contribution is -2.39. The van der Waals surface area contributed by atoms with Crippen molar-refractivity contribution in [1.29, 1.82) is 0 Å². The molecule has 4 nitrogen and oxygen atoms in total. The van der Waals surface area contributed by atoms with Crippen molar-refractivity contribution in [1.82, 2.24) is 4.90 Å². The SMILES string of the molecule is CC(CCN)N(C)C(N)=O. The van der Waals surface area contributed by atoms with E-state index in [1.165, 1.54) is 4.90 Å². The second-order valence-electron chi connectivity index (χ2n) is 2.38. The van der Waals surface area contributed by atoms with Gasteiger partial charge < -0.3 is 16.4 Å². The average Bonchev–Trinajstić information content (AvgIpc) is 1.87. The lowest BCUT2D eigenvalue weighted by atomic mass is 10.2. The molecule has 1 unspecified atom stereocenters. The maximum Gasteiger partial charge on any atom is 0.314 e. The van der Waals surface area contributed by atoms with Crippen LogP contribution in [-0.2, 0) is 0 Å². The molecule has 0 heterocycles. The second kappa shape index (κ2) is 4.11. The van der Waals surface area contributed by atoms with Crippen LogP contribution < -0.4 is 11.5 Å². The minimum atomic E-state index is -0.402. The molecule has 10 heavy (non-hydrogen) atoms. The normalized spacial score (nSPS) is 12.7. The highest BCUT2D eigenvalue weighted by Gasteiger charge is 2.10. The Hall–Kier alpha value is -0.770. The summed E-state index contributed by atoms with van der Waals surface area (Å²) in [7, 11) is 1.67. The van der Waals surface area contributed by atoms with E-state index in [0.717, 1.165) is 6.42 Å². The summed E-state index contributed by atoms with van der Waals surface area (Å²) in [4.78, 5) is 12.0. The molecule has 0 aliphatic carbocycles. The molecule has 0 radical (unpaired) electrons. The largest absolute Gasteiger partial charge is 0.351 e. The lowest BCUT2D eigenvalue weighted by molar-refractivity contribution is 0.201. The molecule has 0 saturated carbocycles. The molecule has 60 valence electrons. The number of rotatable bonds is 3. The van der Waals surface area contributed by atoms with Crippen LogP contribution in [0.1, 0.15) is 13.3 Å². The van der Waals surface area contributed by atoms with Crippen molar-refractivity contribution in [3.8, 4) is 0 Å². The van der Waals surface area contributed by atoms with Crippen LogP contribution in [0, 0.1) is 0 Å². The van der Waals surface area contributed by atoms with Gasteiger partial charge in [-0.05, 0) is 19.9 Å². The minimum Gasteiger partial charge on any atom is -0.351 e. The van der Waals surface area contributed by atoms with Crippen molar-refractivity contribution in [2.24, 2.45) is 11.5 Å². The number of amides is 2. The Balaban J connectivity index is 3.69. The third-order valence-corrected chi connectivity index (χ3v) is 1.59. The number of urea groups is 1. The highest BCUT2D eigenvalue weighted by atomic mass is 16.2. The third kappa shape index (κ3) is 2.68. The van der Waals surface area contributed by atoms with Gasteiger partial charge in [0.15, 0.2) is 0 Å². The predicted octanol–water partition coefficient (Wildman–Crippen LogP) is -0.266. The first kappa shape index (κ1) is 9.23. The lowest BCUT2D eigenvalue weighted by Gasteiger charge is -2.21. The molecule has 0 bridgehead atoms. The number of carbonyl (C=O) groups is 1. The van der Waals surface area contributed by atoms with E-state index in [1.807, 2.05) is 6.92 Å². The number of hydrogen-bond donors (Lipinski definition) is 2. The van der Waals surface area contributed by atoms with Gasteiger partial charge in [0.1, 0.15) is 0 Å². The molecule has 0 aromatic carbocycles. The van der Waals surface area contributed by atoms with Crippen LogP contribution in [0.15, 0.2) is 0 Å². The molecule has 1 atom stereocenters. The Kier molecular flexibility index (Phi) is 3.79. The fourth-order valence-corrected chi connectivity index (χ4v) is 0.652. The maximum atomic E-state index is 10.5. The summed E-state index contributed by atoms with van der Waals surface area (Å²) in [6.07, 6.45) is 0.791. The number of nitrogens with zero attached hydrogens (tertiary/aromatic N) is 1. The van der Waals surface area contributed by atoms with Crippen molar-refractivity contribution < 1.29 is 4.79 Å². The molecule has 0 aliphatic heterocycles. The van der Waals surface area contributed by atoms with E-state index in [1.54, 1.807) is 7.05 Å². The molecular formula is C6H15N3O. The second-order valence-corrected chi connectivity index (χ2v) is 2.38. The first-order valence-corrected chi connectivity index (χ1v) is 3.32. The summed E-state index contributed by atoms with van der Waals surface area (Å²) in [5.41, 5.74) is 10.3. The van der Waals surface area contributed by atoms with Gasteiger partial charge in [-0.1, -0.05) is 0 Å². The first-order chi connectivity index (χ1) is 4.59. The third-order valence-electron chi connectivity index (χ3n) is 1.59. The maximum absolute atomic E-state index is 10.5. The molecule has 0 rings (SSSR count). The summed E-state index contributed by atoms with van der Waals surface area (Å²) in [5, 5.41) is 0. The van der Waals surface area contributed by atoms with Gasteiger partial charge in [-0.25, -0.2) is 4.79 Å². The zero-order chi connectivity index (χ0) is 8.15. The van der Waals surface area contributed by atoms with Gasteiger partial charge >= 0.3 is 6.03 Å². The molecule has 0 aromatic heterocycles. The Morgan fingerprint density at radius 3 is 2.50 bits per heavy atom. The van der Waals surface area contributed by atoms with Crippen LogP contribution in [0.3, 0.4) is 0 Å². The average molecular weight is 145 g/mol. The van der Waals surface area contributed by atoms with Crippen LogP contribution in [0.4, 0.5) is 4.79 Å². The molecule has 4 heteroatoms. The smallest absolute Gasteiger partial charge is 0.314 e. The molecule has 0 aliphatic rings. The summed E-state index contributed by atoms with van der Waals surface area (Å²) in [6, 6.07) is -0.261. The summed E-state index contributed by atoms with van der Waals surface area (Å²) < 4.78 is 0. The van der Waals surface area contributed by atoms with E-state index in [4.69, 9.17) is 11.5 Å². The van der Waals surface area contributed by atoms with Gasteiger partial charge in [0.25, 0.3) is 0 Å². The molecule has 0 spiro atoms. The molecule has 2 amide bonds. The van der Waals surface area contributed by atoms with E-state index in [9.17, 15) is 4.79 Å². The standard InChI is InChI=1S/C6H15N3O/c1-5(3-4-7)9(2)6(8)10/h5H,3-4,7H2,1-2H3,(H2,8,10). The van der Waals surface area contributed by atoms with Crippen LogP contribution in [0.25, 0.3) is 0 Å². The van der Waals surface area contributed by atoms with Gasteiger partial charge in [-0.2, -0.15) is 0 Å². The van der Waals surface area contributed by atoms with Crippen molar-refractivity contribution in [2.75, 3.05) is 13.6 Å². The molecule has 0 fully saturated rings. The van der Waals surface area contributed by atoms with E-state index < -0.39 is 6.03 Å². The summed E-state index contributed by atoms with van der Waals surface area (Å²) in [5.74, 6) is 0. The summed E-state index contributed by atoms with van der Waals surface area (Å²) >= 11 is 0. The van der Waals surface area contributed by atoms with E-state index >= 15 is 0 Å². The fourth-order valence-electron chi connectivity index (χ4n) is 0.652. The predicted molar refractivity (Wildman–Crippen MR) is 40.5 cm³/mol. The van der Waals surface area contributed by atoms with E-state index in [2.05, 4.69) is 0 Å². The molecule has 4 N–H and O–H groups in total. The highest BCUT2D eigenvalue weighted by molar-refractivity contribution is 5.71.